The van der Waals surface area contributed by atoms with Crippen LogP contribution < -0.4 is 0 Å². The number of esters is 1. The van der Waals surface area contributed by atoms with Crippen molar-refractivity contribution in [1.29, 1.82) is 0 Å². The van der Waals surface area contributed by atoms with Gasteiger partial charge in [0.1, 0.15) is 11.5 Å². The first-order valence-electron chi connectivity index (χ1n) is 7.96. The van der Waals surface area contributed by atoms with Crippen LogP contribution in [0.5, 0.6) is 0 Å². The fourth-order valence-corrected chi connectivity index (χ4v) is 3.75. The van der Waals surface area contributed by atoms with Gasteiger partial charge < -0.3 is 9.72 Å². The maximum absolute atomic E-state index is 13.9. The summed E-state index contributed by atoms with van der Waals surface area (Å²) in [6.07, 6.45) is 1.61. The number of benzene rings is 2. The number of hydrogen-bond acceptors (Lipinski definition) is 2. The van der Waals surface area contributed by atoms with E-state index in [1.165, 1.54) is 24.8 Å². The summed E-state index contributed by atoms with van der Waals surface area (Å²) in [4.78, 5) is 15.5. The lowest BCUT2D eigenvalue weighted by Gasteiger charge is -2.17. The molecule has 25 heavy (non-hydrogen) atoms. The highest BCUT2D eigenvalue weighted by molar-refractivity contribution is 6.31. The largest absolute Gasteiger partial charge is 0.464 e. The SMILES string of the molecule is COC(=O)c1[nH]c2c(c1-c1cc(F)cc(Cl)c1)CCc1ccccc1-2. The Balaban J connectivity index is 2.01. The zero-order valence-corrected chi connectivity index (χ0v) is 14.3. The van der Waals surface area contributed by atoms with Crippen molar-refractivity contribution in [3.05, 3.63) is 70.1 Å². The molecule has 1 heterocycles. The number of halogens is 2. The second-order valence-electron chi connectivity index (χ2n) is 6.04. The van der Waals surface area contributed by atoms with Gasteiger partial charge in [-0.25, -0.2) is 9.18 Å². The highest BCUT2D eigenvalue weighted by Gasteiger charge is 2.28. The van der Waals surface area contributed by atoms with Gasteiger partial charge in [0.2, 0.25) is 0 Å². The molecule has 1 aliphatic carbocycles. The lowest BCUT2D eigenvalue weighted by molar-refractivity contribution is 0.0596. The van der Waals surface area contributed by atoms with Crippen molar-refractivity contribution < 1.29 is 13.9 Å². The lowest BCUT2D eigenvalue weighted by atomic mass is 9.87. The Bertz CT molecular complexity index is 973. The molecule has 5 heteroatoms. The lowest BCUT2D eigenvalue weighted by Crippen LogP contribution is -2.04. The molecule has 126 valence electrons. The second-order valence-corrected chi connectivity index (χ2v) is 6.47. The molecule has 0 atom stereocenters. The van der Waals surface area contributed by atoms with Gasteiger partial charge in [-0.05, 0) is 47.7 Å². The molecule has 3 nitrogen and oxygen atoms in total. The monoisotopic (exact) mass is 355 g/mol. The van der Waals surface area contributed by atoms with Gasteiger partial charge in [0, 0.05) is 16.1 Å². The number of fused-ring (bicyclic) bond motifs is 3. The molecule has 0 bridgehead atoms. The second kappa shape index (κ2) is 6.05. The van der Waals surface area contributed by atoms with E-state index in [0.717, 1.165) is 29.7 Å². The summed E-state index contributed by atoms with van der Waals surface area (Å²) >= 11 is 6.03. The fourth-order valence-electron chi connectivity index (χ4n) is 3.53. The van der Waals surface area contributed by atoms with E-state index >= 15 is 0 Å². The normalized spacial score (nSPS) is 12.4. The van der Waals surface area contributed by atoms with Gasteiger partial charge in [0.25, 0.3) is 0 Å². The molecule has 0 saturated heterocycles. The molecule has 2 aromatic carbocycles. The van der Waals surface area contributed by atoms with Gasteiger partial charge in [-0.1, -0.05) is 35.9 Å². The van der Waals surface area contributed by atoms with Gasteiger partial charge >= 0.3 is 5.97 Å². The van der Waals surface area contributed by atoms with Crippen molar-refractivity contribution >= 4 is 17.6 Å². The van der Waals surface area contributed by atoms with Crippen LogP contribution >= 0.6 is 11.6 Å². The first kappa shape index (κ1) is 15.9. The first-order valence-corrected chi connectivity index (χ1v) is 8.34. The van der Waals surface area contributed by atoms with Gasteiger partial charge in [-0.3, -0.25) is 0 Å². The van der Waals surface area contributed by atoms with E-state index in [-0.39, 0.29) is 5.02 Å². The van der Waals surface area contributed by atoms with Gasteiger partial charge in [-0.2, -0.15) is 0 Å². The third-order valence-electron chi connectivity index (χ3n) is 4.58. The molecule has 0 unspecified atom stereocenters. The van der Waals surface area contributed by atoms with Crippen molar-refractivity contribution in [3.8, 4) is 22.4 Å². The predicted octanol–water partition coefficient (Wildman–Crippen LogP) is 5.03. The number of H-pyrrole nitrogens is 1. The maximum atomic E-state index is 13.9. The molecule has 1 aromatic heterocycles. The van der Waals surface area contributed by atoms with Gasteiger partial charge in [-0.15, -0.1) is 0 Å². The predicted molar refractivity (Wildman–Crippen MR) is 95.4 cm³/mol. The highest BCUT2D eigenvalue weighted by Crippen LogP contribution is 2.41. The van der Waals surface area contributed by atoms with Crippen molar-refractivity contribution in [2.24, 2.45) is 0 Å². The van der Waals surface area contributed by atoms with E-state index in [0.29, 0.717) is 16.8 Å². The van der Waals surface area contributed by atoms with Crippen LogP contribution in [0.25, 0.3) is 22.4 Å². The smallest absolute Gasteiger partial charge is 0.355 e. The summed E-state index contributed by atoms with van der Waals surface area (Å²) in [6.45, 7) is 0. The fraction of sp³-hybridized carbons (Fsp3) is 0.150. The van der Waals surface area contributed by atoms with E-state index in [1.807, 2.05) is 18.2 Å². The first-order chi connectivity index (χ1) is 12.1. The Hall–Kier alpha value is -2.59. The van der Waals surface area contributed by atoms with Crippen molar-refractivity contribution in [3.63, 3.8) is 0 Å². The summed E-state index contributed by atoms with van der Waals surface area (Å²) in [7, 11) is 1.33. The van der Waals surface area contributed by atoms with E-state index in [1.54, 1.807) is 6.07 Å². The van der Waals surface area contributed by atoms with E-state index in [9.17, 15) is 9.18 Å². The summed E-state index contributed by atoms with van der Waals surface area (Å²) in [6, 6.07) is 12.4. The quantitative estimate of drug-likeness (QED) is 0.655. The Kier molecular flexibility index (Phi) is 3.85. The van der Waals surface area contributed by atoms with Crippen LogP contribution in [0.4, 0.5) is 4.39 Å². The number of aromatic nitrogens is 1. The average molecular weight is 356 g/mol. The molecule has 0 saturated carbocycles. The third-order valence-corrected chi connectivity index (χ3v) is 4.79. The number of aromatic amines is 1. The van der Waals surface area contributed by atoms with Crippen LogP contribution in [-0.4, -0.2) is 18.1 Å². The molecule has 0 fully saturated rings. The summed E-state index contributed by atoms with van der Waals surface area (Å²) in [5.74, 6) is -0.924. The third kappa shape index (κ3) is 2.63. The Labute approximate surface area is 149 Å². The van der Waals surface area contributed by atoms with E-state index < -0.39 is 11.8 Å². The van der Waals surface area contributed by atoms with E-state index in [2.05, 4.69) is 11.1 Å². The van der Waals surface area contributed by atoms with Crippen LogP contribution in [0, 0.1) is 5.82 Å². The van der Waals surface area contributed by atoms with Crippen molar-refractivity contribution in [2.45, 2.75) is 12.8 Å². The number of ether oxygens (including phenoxy) is 1. The van der Waals surface area contributed by atoms with Crippen LogP contribution in [0.1, 0.15) is 21.6 Å². The van der Waals surface area contributed by atoms with Crippen molar-refractivity contribution in [2.75, 3.05) is 7.11 Å². The number of aryl methyl sites for hydroxylation is 1. The number of carbonyl (C=O) groups is 1. The van der Waals surface area contributed by atoms with Crippen LogP contribution in [0.15, 0.2) is 42.5 Å². The molecule has 0 aliphatic heterocycles. The summed E-state index contributed by atoms with van der Waals surface area (Å²) < 4.78 is 18.8. The molecule has 0 radical (unpaired) electrons. The van der Waals surface area contributed by atoms with Gasteiger partial charge in [0.05, 0.1) is 12.8 Å². The highest BCUT2D eigenvalue weighted by atomic mass is 35.5. The summed E-state index contributed by atoms with van der Waals surface area (Å²) in [5, 5.41) is 0.289. The van der Waals surface area contributed by atoms with Crippen molar-refractivity contribution in [1.82, 2.24) is 4.98 Å². The number of carbonyl (C=O) groups excluding carboxylic acids is 1. The molecule has 0 amide bonds. The van der Waals surface area contributed by atoms with E-state index in [4.69, 9.17) is 16.3 Å². The average Bonchev–Trinajstić information content (AvgIpc) is 3.00. The molecule has 0 spiro atoms. The number of hydrogen-bond donors (Lipinski definition) is 1. The van der Waals surface area contributed by atoms with Crippen LogP contribution in [0.3, 0.4) is 0 Å². The van der Waals surface area contributed by atoms with Crippen LogP contribution in [-0.2, 0) is 17.6 Å². The maximum Gasteiger partial charge on any atom is 0.355 e. The zero-order chi connectivity index (χ0) is 17.6. The molecule has 1 N–H and O–H groups in total. The molecule has 1 aliphatic rings. The zero-order valence-electron chi connectivity index (χ0n) is 13.5. The standard InChI is InChI=1S/C20H15ClFNO2/c1-25-20(24)19-17(12-8-13(21)10-14(22)9-12)16-7-6-11-4-2-3-5-15(11)18(16)23-19/h2-5,8-10,23H,6-7H2,1H3. The minimum Gasteiger partial charge on any atom is -0.464 e. The Morgan fingerprint density at radius 3 is 2.76 bits per heavy atom. The number of nitrogens with one attached hydrogen (secondary N) is 1. The number of rotatable bonds is 2. The number of methoxy groups -OCH3 is 1. The Morgan fingerprint density at radius 1 is 1.20 bits per heavy atom. The minimum absolute atomic E-state index is 0.289. The minimum atomic E-state index is -0.484. The topological polar surface area (TPSA) is 42.1 Å². The molecular formula is C20H15ClFNO2. The molecule has 3 aromatic rings. The molecular weight excluding hydrogens is 341 g/mol. The van der Waals surface area contributed by atoms with Crippen LogP contribution in [0.2, 0.25) is 5.02 Å². The molecule has 4 rings (SSSR count). The summed E-state index contributed by atoms with van der Waals surface area (Å²) in [5.41, 5.74) is 5.71. The van der Waals surface area contributed by atoms with Gasteiger partial charge in [0.15, 0.2) is 0 Å². The Morgan fingerprint density at radius 2 is 2.00 bits per heavy atom.